The Morgan fingerprint density at radius 3 is 2.48 bits per heavy atom. The summed E-state index contributed by atoms with van der Waals surface area (Å²) in [6.45, 7) is 0.405. The largest absolute Gasteiger partial charge is 0.385 e. The van der Waals surface area contributed by atoms with Crippen molar-refractivity contribution in [3.8, 4) is 0 Å². The van der Waals surface area contributed by atoms with Gasteiger partial charge in [-0.1, -0.05) is 42.5 Å². The van der Waals surface area contributed by atoms with Crippen LogP contribution in [0.1, 0.15) is 17.5 Å². The smallest absolute Gasteiger partial charge is 0.236 e. The summed E-state index contributed by atoms with van der Waals surface area (Å²) in [5.74, 6) is -0.802. The van der Waals surface area contributed by atoms with Crippen LogP contribution >= 0.6 is 0 Å². The van der Waals surface area contributed by atoms with E-state index in [4.69, 9.17) is 4.74 Å². The van der Waals surface area contributed by atoms with Gasteiger partial charge < -0.3 is 10.1 Å². The normalized spacial score (nSPS) is 11.8. The summed E-state index contributed by atoms with van der Waals surface area (Å²) >= 11 is 0. The molecule has 0 fully saturated rings. The van der Waals surface area contributed by atoms with Gasteiger partial charge in [-0.05, 0) is 35.8 Å². The number of rotatable bonds is 11. The Labute approximate surface area is 171 Å². The lowest BCUT2D eigenvalue weighted by molar-refractivity contribution is -0.121. The molecule has 156 valence electrons. The van der Waals surface area contributed by atoms with E-state index in [9.17, 15) is 17.6 Å². The van der Waals surface area contributed by atoms with Gasteiger partial charge in [0.15, 0.2) is 0 Å². The Balaban J connectivity index is 2.02. The molecule has 0 aliphatic heterocycles. The van der Waals surface area contributed by atoms with E-state index >= 15 is 0 Å². The number of hydrogen-bond acceptors (Lipinski definition) is 4. The van der Waals surface area contributed by atoms with Crippen LogP contribution in [0.15, 0.2) is 60.0 Å². The zero-order valence-corrected chi connectivity index (χ0v) is 17.1. The predicted octanol–water partition coefficient (Wildman–Crippen LogP) is 2.78. The maximum atomic E-state index is 13.0. The number of methoxy groups -OCH3 is 1. The van der Waals surface area contributed by atoms with Crippen LogP contribution in [0, 0.1) is 5.82 Å². The summed E-state index contributed by atoms with van der Waals surface area (Å²) in [7, 11) is -2.27. The first-order chi connectivity index (χ1) is 13.9. The zero-order chi connectivity index (χ0) is 21.1. The number of nitrogens with one attached hydrogen (secondary N) is 1. The van der Waals surface area contributed by atoms with Crippen molar-refractivity contribution in [3.05, 3.63) is 76.9 Å². The number of hydrogen-bond donors (Lipinski definition) is 1. The molecule has 0 unspecified atom stereocenters. The number of benzene rings is 2. The van der Waals surface area contributed by atoms with Crippen LogP contribution in [-0.2, 0) is 26.1 Å². The molecule has 0 aliphatic carbocycles. The molecule has 0 aromatic heterocycles. The quantitative estimate of drug-likeness (QED) is 0.567. The van der Waals surface area contributed by atoms with Crippen molar-refractivity contribution in [2.75, 3.05) is 26.8 Å². The summed E-state index contributed by atoms with van der Waals surface area (Å²) in [4.78, 5) is 12.3. The van der Waals surface area contributed by atoms with Gasteiger partial charge in [-0.3, -0.25) is 4.79 Å². The molecule has 0 heterocycles. The maximum absolute atomic E-state index is 13.0. The Kier molecular flexibility index (Phi) is 8.98. The molecule has 0 saturated heterocycles. The van der Waals surface area contributed by atoms with Crippen molar-refractivity contribution >= 4 is 22.0 Å². The lowest BCUT2D eigenvalue weighted by Crippen LogP contribution is -2.40. The van der Waals surface area contributed by atoms with E-state index in [2.05, 4.69) is 5.32 Å². The molecule has 0 saturated carbocycles. The van der Waals surface area contributed by atoms with Crippen LogP contribution in [-0.4, -0.2) is 45.4 Å². The van der Waals surface area contributed by atoms with Crippen LogP contribution < -0.4 is 5.32 Å². The van der Waals surface area contributed by atoms with Crippen LogP contribution in [0.3, 0.4) is 0 Å². The number of nitrogens with zero attached hydrogens (tertiary/aromatic N) is 1. The van der Waals surface area contributed by atoms with E-state index in [0.717, 1.165) is 20.8 Å². The molecule has 0 spiro atoms. The van der Waals surface area contributed by atoms with E-state index in [1.807, 2.05) is 18.2 Å². The van der Waals surface area contributed by atoms with Gasteiger partial charge in [0.1, 0.15) is 5.82 Å². The molecular formula is C21H25FN2O4S. The number of ether oxygens (including phenoxy) is 1. The molecule has 0 bridgehead atoms. The van der Waals surface area contributed by atoms with Crippen molar-refractivity contribution < 1.29 is 22.3 Å². The van der Waals surface area contributed by atoms with Crippen LogP contribution in [0.5, 0.6) is 0 Å². The van der Waals surface area contributed by atoms with E-state index < -0.39 is 15.9 Å². The van der Waals surface area contributed by atoms with Crippen molar-refractivity contribution in [3.63, 3.8) is 0 Å². The van der Waals surface area contributed by atoms with Gasteiger partial charge in [-0.25, -0.2) is 12.8 Å². The molecule has 6 nitrogen and oxygen atoms in total. The van der Waals surface area contributed by atoms with Crippen LogP contribution in [0.25, 0.3) is 6.08 Å². The topological polar surface area (TPSA) is 75.7 Å². The monoisotopic (exact) mass is 420 g/mol. The minimum atomic E-state index is -3.80. The van der Waals surface area contributed by atoms with Crippen LogP contribution in [0.2, 0.25) is 0 Å². The zero-order valence-electron chi connectivity index (χ0n) is 16.3. The number of carbonyl (C=O) groups excluding carboxylic acids is 1. The van der Waals surface area contributed by atoms with Gasteiger partial charge in [0.25, 0.3) is 0 Å². The second-order valence-electron chi connectivity index (χ2n) is 6.34. The Morgan fingerprint density at radius 1 is 1.14 bits per heavy atom. The third-order valence-corrected chi connectivity index (χ3v) is 5.58. The minimum absolute atomic E-state index is 0.152. The average Bonchev–Trinajstić information content (AvgIpc) is 2.72. The third-order valence-electron chi connectivity index (χ3n) is 4.07. The number of sulfonamides is 1. The number of carbonyl (C=O) groups is 1. The number of halogens is 1. The second kappa shape index (κ2) is 11.5. The number of amides is 1. The standard InChI is InChI=1S/C21H25FN2O4S/c1-28-14-5-13-24(29(26,27)15-12-18-6-3-2-4-7-18)17-21(25)23-16-19-8-10-20(22)11-9-19/h2-4,6-12,15H,5,13-14,16-17H2,1H3,(H,23,25)/b15-12-. The van der Waals surface area contributed by atoms with Gasteiger partial charge in [0.2, 0.25) is 15.9 Å². The molecule has 1 N–H and O–H groups in total. The highest BCUT2D eigenvalue weighted by molar-refractivity contribution is 7.92. The molecule has 8 heteroatoms. The first-order valence-corrected chi connectivity index (χ1v) is 10.6. The highest BCUT2D eigenvalue weighted by Gasteiger charge is 2.21. The molecule has 29 heavy (non-hydrogen) atoms. The molecule has 2 rings (SSSR count). The first-order valence-electron chi connectivity index (χ1n) is 9.14. The van der Waals surface area contributed by atoms with Crippen molar-refractivity contribution in [1.29, 1.82) is 0 Å². The summed E-state index contributed by atoms with van der Waals surface area (Å²) < 4.78 is 44.5. The molecule has 0 radical (unpaired) electrons. The first kappa shape index (κ1) is 22.7. The summed E-state index contributed by atoms with van der Waals surface area (Å²) in [6.07, 6.45) is 1.95. The second-order valence-corrected chi connectivity index (χ2v) is 8.16. The van der Waals surface area contributed by atoms with Gasteiger partial charge in [-0.2, -0.15) is 4.31 Å². The van der Waals surface area contributed by atoms with E-state index in [1.54, 1.807) is 24.3 Å². The molecule has 1 amide bonds. The molecular weight excluding hydrogens is 395 g/mol. The SMILES string of the molecule is COCCCN(CC(=O)NCc1ccc(F)cc1)S(=O)(=O)/C=C\c1ccccc1. The van der Waals surface area contributed by atoms with Crippen LogP contribution in [0.4, 0.5) is 4.39 Å². The highest BCUT2D eigenvalue weighted by Crippen LogP contribution is 2.09. The third kappa shape index (κ3) is 8.15. The molecule has 0 aliphatic rings. The molecule has 2 aromatic rings. The Hall–Kier alpha value is -2.55. The Bertz CT molecular complexity index is 900. The van der Waals surface area contributed by atoms with Gasteiger partial charge >= 0.3 is 0 Å². The van der Waals surface area contributed by atoms with Gasteiger partial charge in [-0.15, -0.1) is 0 Å². The molecule has 0 atom stereocenters. The fraction of sp³-hybridized carbons (Fsp3) is 0.286. The summed E-state index contributed by atoms with van der Waals surface area (Å²) in [6, 6.07) is 14.8. The lowest BCUT2D eigenvalue weighted by atomic mass is 10.2. The van der Waals surface area contributed by atoms with Crippen molar-refractivity contribution in [1.82, 2.24) is 9.62 Å². The van der Waals surface area contributed by atoms with E-state index in [1.165, 1.54) is 25.3 Å². The summed E-state index contributed by atoms with van der Waals surface area (Å²) in [5.41, 5.74) is 1.46. The highest BCUT2D eigenvalue weighted by atomic mass is 32.2. The summed E-state index contributed by atoms with van der Waals surface area (Å²) in [5, 5.41) is 3.76. The maximum Gasteiger partial charge on any atom is 0.236 e. The average molecular weight is 421 g/mol. The minimum Gasteiger partial charge on any atom is -0.385 e. The van der Waals surface area contributed by atoms with Gasteiger partial charge in [0, 0.05) is 32.2 Å². The molecule has 2 aromatic carbocycles. The van der Waals surface area contributed by atoms with E-state index in [0.29, 0.717) is 13.0 Å². The lowest BCUT2D eigenvalue weighted by Gasteiger charge is -2.20. The van der Waals surface area contributed by atoms with Crippen molar-refractivity contribution in [2.24, 2.45) is 0 Å². The van der Waals surface area contributed by atoms with Crippen molar-refractivity contribution in [2.45, 2.75) is 13.0 Å². The Morgan fingerprint density at radius 2 is 1.83 bits per heavy atom. The van der Waals surface area contributed by atoms with Gasteiger partial charge in [0.05, 0.1) is 6.54 Å². The van der Waals surface area contributed by atoms with E-state index in [-0.39, 0.29) is 25.5 Å². The fourth-order valence-corrected chi connectivity index (χ4v) is 3.70. The fourth-order valence-electron chi connectivity index (χ4n) is 2.52. The predicted molar refractivity (Wildman–Crippen MR) is 111 cm³/mol.